The Bertz CT molecular complexity index is 1240. The third-order valence-corrected chi connectivity index (χ3v) is 7.11. The lowest BCUT2D eigenvalue weighted by atomic mass is 9.94. The van der Waals surface area contributed by atoms with E-state index in [0.717, 1.165) is 65.0 Å². The standard InChI is InChI=1S/C26H29ClN4O3/c1-16(2)13-18-15-23(29-34-18)26(33)31-11-9-30(10-12-31)25(32)17-7-8-20-22(14-17)28-21-6-4-3-5-19(21)24(20)27/h7-8,14-16H,3-6,9-13H2,1-2H3. The molecule has 0 N–H and O–H groups in total. The van der Waals surface area contributed by atoms with E-state index in [-0.39, 0.29) is 11.8 Å². The van der Waals surface area contributed by atoms with E-state index in [1.807, 2.05) is 18.2 Å². The zero-order valence-corrected chi connectivity index (χ0v) is 20.4. The molecule has 1 fully saturated rings. The summed E-state index contributed by atoms with van der Waals surface area (Å²) >= 11 is 6.68. The van der Waals surface area contributed by atoms with Crippen LogP contribution in [0.4, 0.5) is 0 Å². The number of rotatable bonds is 4. The zero-order chi connectivity index (χ0) is 23.8. The van der Waals surface area contributed by atoms with E-state index in [1.165, 1.54) is 0 Å². The molecule has 1 saturated heterocycles. The van der Waals surface area contributed by atoms with Gasteiger partial charge in [-0.1, -0.05) is 36.7 Å². The number of amides is 2. The molecule has 3 aromatic rings. The van der Waals surface area contributed by atoms with Crippen LogP contribution < -0.4 is 0 Å². The molecule has 7 nitrogen and oxygen atoms in total. The highest BCUT2D eigenvalue weighted by molar-refractivity contribution is 6.36. The minimum absolute atomic E-state index is 0.0507. The first-order chi connectivity index (χ1) is 16.4. The molecule has 5 rings (SSSR count). The summed E-state index contributed by atoms with van der Waals surface area (Å²) in [5.41, 5.74) is 3.92. The van der Waals surface area contributed by atoms with Crippen molar-refractivity contribution in [2.45, 2.75) is 46.0 Å². The number of pyridine rings is 1. The van der Waals surface area contributed by atoms with Gasteiger partial charge in [-0.05, 0) is 49.3 Å². The fourth-order valence-electron chi connectivity index (χ4n) is 4.87. The number of hydrogen-bond donors (Lipinski definition) is 0. The van der Waals surface area contributed by atoms with E-state index < -0.39 is 0 Å². The van der Waals surface area contributed by atoms with Crippen molar-refractivity contribution in [1.29, 1.82) is 0 Å². The summed E-state index contributed by atoms with van der Waals surface area (Å²) in [5.74, 6) is 0.945. The number of aromatic nitrogens is 2. The molecule has 0 bridgehead atoms. The Hall–Kier alpha value is -2.93. The smallest absolute Gasteiger partial charge is 0.276 e. The van der Waals surface area contributed by atoms with Gasteiger partial charge in [-0.3, -0.25) is 14.6 Å². The first-order valence-electron chi connectivity index (χ1n) is 12.1. The maximum absolute atomic E-state index is 13.2. The van der Waals surface area contributed by atoms with Crippen LogP contribution in [0.3, 0.4) is 0 Å². The summed E-state index contributed by atoms with van der Waals surface area (Å²) in [5, 5.41) is 5.62. The second-order valence-corrected chi connectivity index (χ2v) is 10.0. The molecule has 0 radical (unpaired) electrons. The minimum atomic E-state index is -0.153. The largest absolute Gasteiger partial charge is 0.361 e. The number of carbonyl (C=O) groups is 2. The van der Waals surface area contributed by atoms with Crippen molar-refractivity contribution >= 4 is 34.3 Å². The Labute approximate surface area is 204 Å². The highest BCUT2D eigenvalue weighted by Crippen LogP contribution is 2.33. The van der Waals surface area contributed by atoms with E-state index in [0.29, 0.717) is 43.4 Å². The molecule has 2 amide bonds. The van der Waals surface area contributed by atoms with Gasteiger partial charge in [0.2, 0.25) is 0 Å². The fraction of sp³-hybridized carbons (Fsp3) is 0.462. The molecule has 1 aliphatic carbocycles. The van der Waals surface area contributed by atoms with Crippen LogP contribution in [0.15, 0.2) is 28.8 Å². The van der Waals surface area contributed by atoms with E-state index in [4.69, 9.17) is 21.1 Å². The summed E-state index contributed by atoms with van der Waals surface area (Å²) in [7, 11) is 0. The number of benzene rings is 1. The number of nitrogens with zero attached hydrogens (tertiary/aromatic N) is 4. The molecule has 1 aromatic carbocycles. The first-order valence-corrected chi connectivity index (χ1v) is 12.4. The maximum Gasteiger partial charge on any atom is 0.276 e. The normalized spacial score (nSPS) is 16.2. The molecule has 0 unspecified atom stereocenters. The number of fused-ring (bicyclic) bond motifs is 2. The summed E-state index contributed by atoms with van der Waals surface area (Å²) < 4.78 is 5.31. The van der Waals surface area contributed by atoms with Crippen LogP contribution in [0.2, 0.25) is 5.02 Å². The summed E-state index contributed by atoms with van der Waals surface area (Å²) in [6.45, 7) is 6.04. The highest BCUT2D eigenvalue weighted by Gasteiger charge is 2.28. The molecule has 0 saturated carbocycles. The van der Waals surface area contributed by atoms with Gasteiger partial charge in [0, 0.05) is 55.3 Å². The number of halogens is 1. The maximum atomic E-state index is 13.2. The molecule has 178 valence electrons. The topological polar surface area (TPSA) is 79.5 Å². The van der Waals surface area contributed by atoms with Gasteiger partial charge in [-0.2, -0.15) is 0 Å². The predicted molar refractivity (Wildman–Crippen MR) is 130 cm³/mol. The van der Waals surface area contributed by atoms with Crippen LogP contribution in [0.1, 0.15) is 64.6 Å². The molecule has 2 aromatic heterocycles. The van der Waals surface area contributed by atoms with Crippen molar-refractivity contribution in [2.24, 2.45) is 5.92 Å². The van der Waals surface area contributed by atoms with Crippen LogP contribution >= 0.6 is 11.6 Å². The Morgan fingerprint density at radius 3 is 2.47 bits per heavy atom. The third kappa shape index (κ3) is 4.41. The lowest BCUT2D eigenvalue weighted by Crippen LogP contribution is -2.50. The highest BCUT2D eigenvalue weighted by atomic mass is 35.5. The number of aryl methyl sites for hydroxylation is 1. The predicted octanol–water partition coefficient (Wildman–Crippen LogP) is 4.55. The van der Waals surface area contributed by atoms with E-state index >= 15 is 0 Å². The van der Waals surface area contributed by atoms with Gasteiger partial charge in [0.05, 0.1) is 10.5 Å². The van der Waals surface area contributed by atoms with Crippen molar-refractivity contribution in [2.75, 3.05) is 26.2 Å². The van der Waals surface area contributed by atoms with Crippen LogP contribution in [0.5, 0.6) is 0 Å². The van der Waals surface area contributed by atoms with Gasteiger partial charge in [0.1, 0.15) is 5.76 Å². The molecule has 0 atom stereocenters. The average Bonchev–Trinajstić information content (AvgIpc) is 3.31. The van der Waals surface area contributed by atoms with E-state index in [1.54, 1.807) is 15.9 Å². The zero-order valence-electron chi connectivity index (χ0n) is 19.6. The van der Waals surface area contributed by atoms with Crippen LogP contribution in [-0.4, -0.2) is 57.9 Å². The van der Waals surface area contributed by atoms with Crippen LogP contribution in [-0.2, 0) is 19.3 Å². The summed E-state index contributed by atoms with van der Waals surface area (Å²) in [6, 6.07) is 7.32. The molecular formula is C26H29ClN4O3. The average molecular weight is 481 g/mol. The Kier molecular flexibility index (Phi) is 6.30. The molecule has 3 heterocycles. The van der Waals surface area contributed by atoms with Gasteiger partial charge < -0.3 is 14.3 Å². The van der Waals surface area contributed by atoms with Gasteiger partial charge in [0.15, 0.2) is 5.69 Å². The monoisotopic (exact) mass is 480 g/mol. The van der Waals surface area contributed by atoms with Crippen molar-refractivity contribution in [3.8, 4) is 0 Å². The van der Waals surface area contributed by atoms with Crippen LogP contribution in [0.25, 0.3) is 10.9 Å². The molecular weight excluding hydrogens is 452 g/mol. The lowest BCUT2D eigenvalue weighted by molar-refractivity contribution is 0.0530. The number of piperazine rings is 1. The number of carbonyl (C=O) groups excluding carboxylic acids is 2. The van der Waals surface area contributed by atoms with E-state index in [2.05, 4.69) is 19.0 Å². The Morgan fingerprint density at radius 2 is 1.74 bits per heavy atom. The van der Waals surface area contributed by atoms with Gasteiger partial charge in [-0.25, -0.2) is 0 Å². The van der Waals surface area contributed by atoms with Crippen molar-refractivity contribution < 1.29 is 14.1 Å². The Morgan fingerprint density at radius 1 is 1.03 bits per heavy atom. The molecule has 34 heavy (non-hydrogen) atoms. The van der Waals surface area contributed by atoms with Crippen LogP contribution in [0, 0.1) is 5.92 Å². The second-order valence-electron chi connectivity index (χ2n) is 9.65. The van der Waals surface area contributed by atoms with Crippen molar-refractivity contribution in [1.82, 2.24) is 19.9 Å². The quantitative estimate of drug-likeness (QED) is 0.547. The summed E-state index contributed by atoms with van der Waals surface area (Å²) in [6.07, 6.45) is 4.91. The Balaban J connectivity index is 1.26. The van der Waals surface area contributed by atoms with Crippen molar-refractivity contribution in [3.63, 3.8) is 0 Å². The second kappa shape index (κ2) is 9.37. The fourth-order valence-corrected chi connectivity index (χ4v) is 5.23. The number of hydrogen-bond acceptors (Lipinski definition) is 5. The molecule has 2 aliphatic rings. The van der Waals surface area contributed by atoms with Gasteiger partial charge >= 0.3 is 0 Å². The molecule has 1 aliphatic heterocycles. The minimum Gasteiger partial charge on any atom is -0.361 e. The molecule has 0 spiro atoms. The van der Waals surface area contributed by atoms with Gasteiger partial charge in [-0.15, -0.1) is 0 Å². The SMILES string of the molecule is CC(C)Cc1cc(C(=O)N2CCN(C(=O)c3ccc4c(Cl)c5c(nc4c3)CCCC5)CC2)no1. The third-order valence-electron chi connectivity index (χ3n) is 6.68. The van der Waals surface area contributed by atoms with Gasteiger partial charge in [0.25, 0.3) is 11.8 Å². The molecule has 8 heteroatoms. The van der Waals surface area contributed by atoms with E-state index in [9.17, 15) is 9.59 Å². The summed E-state index contributed by atoms with van der Waals surface area (Å²) in [4.78, 5) is 34.4. The van der Waals surface area contributed by atoms with Crippen molar-refractivity contribution in [3.05, 3.63) is 57.6 Å². The lowest BCUT2D eigenvalue weighted by Gasteiger charge is -2.34. The first kappa shape index (κ1) is 22.8.